The molecule has 1 aliphatic heterocycles. The number of amides is 1. The number of nitrogens with zero attached hydrogens (tertiary/aromatic N) is 4. The largest absolute Gasteiger partial charge is 0.312 e. The van der Waals surface area contributed by atoms with E-state index < -0.39 is 0 Å². The van der Waals surface area contributed by atoms with Crippen LogP contribution in [0.4, 0.5) is 5.69 Å². The fourth-order valence-corrected chi connectivity index (χ4v) is 2.53. The van der Waals surface area contributed by atoms with E-state index in [9.17, 15) is 4.79 Å². The van der Waals surface area contributed by atoms with Crippen LogP contribution >= 0.6 is 12.6 Å². The van der Waals surface area contributed by atoms with Crippen LogP contribution in [-0.2, 0) is 4.79 Å². The van der Waals surface area contributed by atoms with Crippen molar-refractivity contribution >= 4 is 24.2 Å². The van der Waals surface area contributed by atoms with Gasteiger partial charge in [0.15, 0.2) is 0 Å². The second kappa shape index (κ2) is 5.05. The van der Waals surface area contributed by atoms with Crippen LogP contribution < -0.4 is 4.90 Å². The van der Waals surface area contributed by atoms with E-state index in [1.54, 1.807) is 17.2 Å². The minimum absolute atomic E-state index is 0.157. The Morgan fingerprint density at radius 2 is 2.00 bits per heavy atom. The summed E-state index contributed by atoms with van der Waals surface area (Å²) in [6.07, 6.45) is 3.84. The lowest BCUT2D eigenvalue weighted by Gasteiger charge is -2.17. The molecule has 1 atom stereocenters. The number of hydrogen-bond acceptors (Lipinski definition) is 4. The Labute approximate surface area is 116 Å². The van der Waals surface area contributed by atoms with Crippen LogP contribution in [0.1, 0.15) is 6.42 Å². The number of carbonyl (C=O) groups excluding carboxylic acids is 1. The minimum Gasteiger partial charge on any atom is -0.312 e. The van der Waals surface area contributed by atoms with Crippen molar-refractivity contribution in [1.82, 2.24) is 15.0 Å². The first-order valence-corrected chi connectivity index (χ1v) is 6.79. The van der Waals surface area contributed by atoms with E-state index >= 15 is 0 Å². The van der Waals surface area contributed by atoms with E-state index in [0.29, 0.717) is 12.3 Å². The molecule has 1 unspecified atom stereocenters. The summed E-state index contributed by atoms with van der Waals surface area (Å²) in [5.74, 6) is 1.23. The molecule has 0 radical (unpaired) electrons. The van der Waals surface area contributed by atoms with E-state index in [2.05, 4.69) is 22.8 Å². The van der Waals surface area contributed by atoms with Gasteiger partial charge >= 0.3 is 0 Å². The molecule has 1 aliphatic rings. The van der Waals surface area contributed by atoms with Gasteiger partial charge < -0.3 is 4.90 Å². The quantitative estimate of drug-likeness (QED) is 0.864. The van der Waals surface area contributed by atoms with E-state index in [0.717, 1.165) is 23.7 Å². The Morgan fingerprint density at radius 1 is 1.26 bits per heavy atom. The van der Waals surface area contributed by atoms with Gasteiger partial charge in [0.25, 0.3) is 0 Å². The van der Waals surface area contributed by atoms with Gasteiger partial charge in [0.2, 0.25) is 5.91 Å². The molecule has 0 spiro atoms. The normalized spacial score (nSPS) is 19.1. The fraction of sp³-hybridized carbons (Fsp3) is 0.308. The molecule has 6 heteroatoms. The summed E-state index contributed by atoms with van der Waals surface area (Å²) in [7, 11) is 0. The highest BCUT2D eigenvalue weighted by Crippen LogP contribution is 2.26. The maximum Gasteiger partial charge on any atom is 0.227 e. The van der Waals surface area contributed by atoms with Crippen molar-refractivity contribution in [2.45, 2.75) is 6.42 Å². The van der Waals surface area contributed by atoms with Gasteiger partial charge in [-0.15, -0.1) is 0 Å². The standard InChI is InChI=1S/C13H14N4OS/c18-13-6-10(9-19)8-16(13)11-2-1-3-12(7-11)17-14-4-5-15-17/h1-5,7,10,19H,6,8-9H2. The first kappa shape index (κ1) is 12.2. The fourth-order valence-electron chi connectivity index (χ4n) is 2.29. The van der Waals surface area contributed by atoms with E-state index in [4.69, 9.17) is 0 Å². The predicted molar refractivity (Wildman–Crippen MR) is 75.7 cm³/mol. The number of thiol groups is 1. The Bertz CT molecular complexity index is 584. The molecular weight excluding hydrogens is 260 g/mol. The Hall–Kier alpha value is -1.82. The van der Waals surface area contributed by atoms with E-state index in [1.807, 2.05) is 29.2 Å². The minimum atomic E-state index is 0.157. The van der Waals surface area contributed by atoms with Crippen molar-refractivity contribution < 1.29 is 4.79 Å². The Kier molecular flexibility index (Phi) is 3.25. The molecule has 0 bridgehead atoms. The molecule has 1 amide bonds. The van der Waals surface area contributed by atoms with Gasteiger partial charge in [-0.3, -0.25) is 4.79 Å². The first-order chi connectivity index (χ1) is 9.28. The molecule has 3 rings (SSSR count). The Morgan fingerprint density at radius 3 is 2.68 bits per heavy atom. The smallest absolute Gasteiger partial charge is 0.227 e. The molecule has 2 aromatic rings. The van der Waals surface area contributed by atoms with Crippen LogP contribution in [0.15, 0.2) is 36.7 Å². The molecule has 0 saturated carbocycles. The maximum atomic E-state index is 12.0. The lowest BCUT2D eigenvalue weighted by Crippen LogP contribution is -2.24. The number of carbonyl (C=O) groups is 1. The van der Waals surface area contributed by atoms with Gasteiger partial charge in [0, 0.05) is 18.7 Å². The van der Waals surface area contributed by atoms with Gasteiger partial charge in [-0.25, -0.2) is 0 Å². The molecule has 2 heterocycles. The van der Waals surface area contributed by atoms with Crippen LogP contribution in [0, 0.1) is 5.92 Å². The lowest BCUT2D eigenvalue weighted by atomic mass is 10.1. The molecule has 0 N–H and O–H groups in total. The lowest BCUT2D eigenvalue weighted by molar-refractivity contribution is -0.117. The molecule has 1 aromatic carbocycles. The zero-order valence-corrected chi connectivity index (χ0v) is 11.2. The van der Waals surface area contributed by atoms with Crippen LogP contribution in [-0.4, -0.2) is 33.2 Å². The monoisotopic (exact) mass is 274 g/mol. The van der Waals surface area contributed by atoms with Crippen molar-refractivity contribution in [2.75, 3.05) is 17.2 Å². The highest BCUT2D eigenvalue weighted by molar-refractivity contribution is 7.80. The van der Waals surface area contributed by atoms with Crippen molar-refractivity contribution in [1.29, 1.82) is 0 Å². The summed E-state index contributed by atoms with van der Waals surface area (Å²) in [4.78, 5) is 15.4. The average Bonchev–Trinajstić information content (AvgIpc) is 3.08. The number of rotatable bonds is 3. The molecule has 98 valence electrons. The summed E-state index contributed by atoms with van der Waals surface area (Å²) in [5, 5.41) is 8.19. The van der Waals surface area contributed by atoms with E-state index in [1.165, 1.54) is 0 Å². The van der Waals surface area contributed by atoms with E-state index in [-0.39, 0.29) is 5.91 Å². The zero-order valence-electron chi connectivity index (χ0n) is 10.3. The highest BCUT2D eigenvalue weighted by Gasteiger charge is 2.29. The van der Waals surface area contributed by atoms with Gasteiger partial charge in [0.1, 0.15) is 0 Å². The molecule has 1 aromatic heterocycles. The second-order valence-electron chi connectivity index (χ2n) is 4.60. The van der Waals surface area contributed by atoms with Crippen molar-refractivity contribution in [2.24, 2.45) is 5.92 Å². The third kappa shape index (κ3) is 2.35. The highest BCUT2D eigenvalue weighted by atomic mass is 32.1. The van der Waals surface area contributed by atoms with Crippen LogP contribution in [0.2, 0.25) is 0 Å². The summed E-state index contributed by atoms with van der Waals surface area (Å²) in [5.41, 5.74) is 1.74. The number of anilines is 1. The third-order valence-electron chi connectivity index (χ3n) is 3.25. The summed E-state index contributed by atoms with van der Waals surface area (Å²) >= 11 is 4.28. The molecule has 0 aliphatic carbocycles. The first-order valence-electron chi connectivity index (χ1n) is 6.16. The topological polar surface area (TPSA) is 51.0 Å². The van der Waals surface area contributed by atoms with Crippen molar-refractivity contribution in [3.05, 3.63) is 36.7 Å². The average molecular weight is 274 g/mol. The van der Waals surface area contributed by atoms with Crippen LogP contribution in [0.25, 0.3) is 5.69 Å². The summed E-state index contributed by atoms with van der Waals surface area (Å²) in [6, 6.07) is 7.69. The van der Waals surface area contributed by atoms with Gasteiger partial charge in [-0.05, 0) is 29.9 Å². The molecular formula is C13H14N4OS. The second-order valence-corrected chi connectivity index (χ2v) is 4.96. The zero-order chi connectivity index (χ0) is 13.2. The molecule has 19 heavy (non-hydrogen) atoms. The molecule has 5 nitrogen and oxygen atoms in total. The predicted octanol–water partition coefficient (Wildman–Crippen LogP) is 1.55. The van der Waals surface area contributed by atoms with Crippen LogP contribution in [0.5, 0.6) is 0 Å². The van der Waals surface area contributed by atoms with Gasteiger partial charge in [0.05, 0.1) is 18.1 Å². The number of hydrogen-bond donors (Lipinski definition) is 1. The van der Waals surface area contributed by atoms with Gasteiger partial charge in [-0.2, -0.15) is 27.6 Å². The number of benzene rings is 1. The third-order valence-corrected chi connectivity index (χ3v) is 3.77. The molecule has 1 saturated heterocycles. The number of aromatic nitrogens is 3. The maximum absolute atomic E-state index is 12.0. The van der Waals surface area contributed by atoms with Crippen molar-refractivity contribution in [3.8, 4) is 5.69 Å². The van der Waals surface area contributed by atoms with Crippen molar-refractivity contribution in [3.63, 3.8) is 0 Å². The Balaban J connectivity index is 1.90. The molecule has 1 fully saturated rings. The SMILES string of the molecule is O=C1CC(CS)CN1c1cccc(-n2nccn2)c1. The van der Waals surface area contributed by atoms with Gasteiger partial charge in [-0.1, -0.05) is 6.07 Å². The summed E-state index contributed by atoms with van der Waals surface area (Å²) in [6.45, 7) is 0.734. The van der Waals surface area contributed by atoms with Crippen LogP contribution in [0.3, 0.4) is 0 Å². The summed E-state index contributed by atoms with van der Waals surface area (Å²) < 4.78 is 0.